The zero-order valence-electron chi connectivity index (χ0n) is 17.9. The van der Waals surface area contributed by atoms with E-state index in [1.54, 1.807) is 49.4 Å². The van der Waals surface area contributed by atoms with Gasteiger partial charge in [-0.05, 0) is 56.3 Å². The van der Waals surface area contributed by atoms with E-state index in [0.717, 1.165) is 11.1 Å². The Hall–Kier alpha value is -3.61. The molecule has 0 fully saturated rings. The van der Waals surface area contributed by atoms with Crippen LogP contribution in [-0.2, 0) is 11.3 Å². The van der Waals surface area contributed by atoms with E-state index in [0.29, 0.717) is 51.1 Å². The third-order valence-corrected chi connectivity index (χ3v) is 5.73. The molecule has 0 aromatic heterocycles. The quantitative estimate of drug-likeness (QED) is 0.284. The van der Waals surface area contributed by atoms with Crippen LogP contribution in [-0.4, -0.2) is 18.5 Å². The molecule has 0 saturated heterocycles. The highest BCUT2D eigenvalue weighted by molar-refractivity contribution is 6.31. The van der Waals surface area contributed by atoms with Crippen LogP contribution in [0, 0.1) is 13.8 Å². The zero-order chi connectivity index (χ0) is 23.1. The lowest BCUT2D eigenvalue weighted by Crippen LogP contribution is -2.12. The molecule has 0 N–H and O–H groups in total. The molecule has 33 heavy (non-hydrogen) atoms. The smallest absolute Gasteiger partial charge is 0.343 e. The Morgan fingerprint density at radius 3 is 2.64 bits per heavy atom. The Kier molecular flexibility index (Phi) is 5.40. The van der Waals surface area contributed by atoms with Crippen molar-refractivity contribution < 1.29 is 28.5 Å². The number of benzene rings is 3. The van der Waals surface area contributed by atoms with Gasteiger partial charge in [0.25, 0.3) is 0 Å². The number of aryl methyl sites for hydroxylation is 1. The molecule has 6 nitrogen and oxygen atoms in total. The summed E-state index contributed by atoms with van der Waals surface area (Å²) in [6.07, 6.45) is 1.61. The molecule has 3 aromatic rings. The maximum atomic E-state index is 13.0. The monoisotopic (exact) mass is 462 g/mol. The van der Waals surface area contributed by atoms with Crippen LogP contribution in [0.3, 0.4) is 0 Å². The molecule has 0 aliphatic carbocycles. The van der Waals surface area contributed by atoms with Crippen molar-refractivity contribution in [3.63, 3.8) is 0 Å². The number of esters is 1. The number of halogens is 1. The normalized spacial score (nSPS) is 15.5. The van der Waals surface area contributed by atoms with E-state index >= 15 is 0 Å². The second kappa shape index (κ2) is 8.39. The van der Waals surface area contributed by atoms with Gasteiger partial charge in [-0.2, -0.15) is 0 Å². The largest absolute Gasteiger partial charge is 0.467 e. The van der Waals surface area contributed by atoms with Gasteiger partial charge >= 0.3 is 5.97 Å². The molecule has 2 aliphatic heterocycles. The number of carbonyl (C=O) groups excluding carboxylic acids is 2. The second-order valence-corrected chi connectivity index (χ2v) is 8.29. The maximum Gasteiger partial charge on any atom is 0.343 e. The van der Waals surface area contributed by atoms with Crippen molar-refractivity contribution in [2.75, 3.05) is 6.79 Å². The van der Waals surface area contributed by atoms with Gasteiger partial charge in [0, 0.05) is 21.7 Å². The molecule has 0 spiro atoms. The number of carbonyl (C=O) groups is 2. The molecule has 166 valence electrons. The summed E-state index contributed by atoms with van der Waals surface area (Å²) in [5.41, 5.74) is 3.86. The Bertz CT molecular complexity index is 1320. The third kappa shape index (κ3) is 3.99. The predicted molar refractivity (Wildman–Crippen MR) is 122 cm³/mol. The van der Waals surface area contributed by atoms with Gasteiger partial charge in [-0.1, -0.05) is 29.3 Å². The number of fused-ring (bicyclic) bond motifs is 2. The first-order chi connectivity index (χ1) is 15.9. The van der Waals surface area contributed by atoms with Crippen molar-refractivity contribution in [2.24, 2.45) is 0 Å². The van der Waals surface area contributed by atoms with E-state index in [2.05, 4.69) is 0 Å². The van der Waals surface area contributed by atoms with Gasteiger partial charge in [0.1, 0.15) is 17.2 Å². The summed E-state index contributed by atoms with van der Waals surface area (Å²) >= 11 is 6.23. The number of allylic oxidation sites excluding steroid dienone is 1. The lowest BCUT2D eigenvalue weighted by atomic mass is 10.0. The van der Waals surface area contributed by atoms with E-state index in [4.69, 9.17) is 30.5 Å². The first kappa shape index (κ1) is 21.2. The number of rotatable bonds is 3. The molecule has 0 bridgehead atoms. The van der Waals surface area contributed by atoms with Gasteiger partial charge in [-0.25, -0.2) is 4.79 Å². The van der Waals surface area contributed by atoms with Crippen LogP contribution < -0.4 is 14.2 Å². The van der Waals surface area contributed by atoms with Gasteiger partial charge in [-0.3, -0.25) is 4.79 Å². The van der Waals surface area contributed by atoms with E-state index in [-0.39, 0.29) is 18.3 Å². The standard InChI is InChI=1S/C26H19ClO6/c1-14-3-5-16(6-4-14)26(29)33-21-8-7-20-23(28)22(32-24(20)15(21)2)11-17-9-19(27)10-18-12-30-13-31-25(17)18/h3-11H,12-13H2,1-2H3/b22-11-. The highest BCUT2D eigenvalue weighted by Gasteiger charge is 2.31. The molecular formula is C26H19ClO6. The Balaban J connectivity index is 1.45. The van der Waals surface area contributed by atoms with Crippen LogP contribution in [0.5, 0.6) is 17.2 Å². The topological polar surface area (TPSA) is 71.1 Å². The second-order valence-electron chi connectivity index (χ2n) is 7.85. The van der Waals surface area contributed by atoms with Crippen molar-refractivity contribution in [1.29, 1.82) is 0 Å². The maximum absolute atomic E-state index is 13.0. The van der Waals surface area contributed by atoms with Crippen molar-refractivity contribution in [2.45, 2.75) is 20.5 Å². The Labute approximate surface area is 195 Å². The molecule has 3 aromatic carbocycles. The van der Waals surface area contributed by atoms with E-state index in [1.807, 2.05) is 19.1 Å². The number of ketones is 1. The number of hydrogen-bond acceptors (Lipinski definition) is 6. The molecular weight excluding hydrogens is 444 g/mol. The van der Waals surface area contributed by atoms with Crippen LogP contribution in [0.15, 0.2) is 54.3 Å². The summed E-state index contributed by atoms with van der Waals surface area (Å²) in [5, 5.41) is 0.499. The predicted octanol–water partition coefficient (Wildman–Crippen LogP) is 5.66. The minimum atomic E-state index is -0.483. The number of Topliss-reactive ketones (excluding diaryl/α,β-unsaturated/α-hetero) is 1. The van der Waals surface area contributed by atoms with Gasteiger partial charge < -0.3 is 18.9 Å². The average molecular weight is 463 g/mol. The van der Waals surface area contributed by atoms with Gasteiger partial charge in [0.05, 0.1) is 17.7 Å². The van der Waals surface area contributed by atoms with Crippen LogP contribution in [0.25, 0.3) is 6.08 Å². The SMILES string of the molecule is Cc1ccc(C(=O)Oc2ccc3c(c2C)O/C(=C\c2cc(Cl)cc4c2OCOC4)C3=O)cc1. The van der Waals surface area contributed by atoms with E-state index < -0.39 is 5.97 Å². The molecule has 0 saturated carbocycles. The van der Waals surface area contributed by atoms with Crippen molar-refractivity contribution in [3.8, 4) is 17.2 Å². The van der Waals surface area contributed by atoms with Crippen LogP contribution in [0.1, 0.15) is 43.0 Å². The summed E-state index contributed by atoms with van der Waals surface area (Å²) < 4.78 is 22.4. The van der Waals surface area contributed by atoms with Crippen molar-refractivity contribution in [1.82, 2.24) is 0 Å². The molecule has 0 atom stereocenters. The number of hydrogen-bond donors (Lipinski definition) is 0. The molecule has 0 amide bonds. The van der Waals surface area contributed by atoms with Crippen molar-refractivity contribution >= 4 is 29.4 Å². The molecule has 2 heterocycles. The lowest BCUT2D eigenvalue weighted by Gasteiger charge is -2.20. The summed E-state index contributed by atoms with van der Waals surface area (Å²) in [7, 11) is 0. The van der Waals surface area contributed by atoms with E-state index in [9.17, 15) is 9.59 Å². The summed E-state index contributed by atoms with van der Waals surface area (Å²) in [6.45, 7) is 4.18. The van der Waals surface area contributed by atoms with Crippen LogP contribution in [0.4, 0.5) is 0 Å². The Morgan fingerprint density at radius 2 is 1.85 bits per heavy atom. The first-order valence-electron chi connectivity index (χ1n) is 10.3. The molecule has 7 heteroatoms. The van der Waals surface area contributed by atoms with E-state index in [1.165, 1.54) is 0 Å². The van der Waals surface area contributed by atoms with Crippen LogP contribution >= 0.6 is 11.6 Å². The van der Waals surface area contributed by atoms with Gasteiger partial charge in [0.15, 0.2) is 12.6 Å². The summed E-state index contributed by atoms with van der Waals surface area (Å²) in [4.78, 5) is 25.5. The van der Waals surface area contributed by atoms with Gasteiger partial charge in [-0.15, -0.1) is 0 Å². The van der Waals surface area contributed by atoms with Gasteiger partial charge in [0.2, 0.25) is 5.78 Å². The fraction of sp³-hybridized carbons (Fsp3) is 0.154. The zero-order valence-corrected chi connectivity index (χ0v) is 18.7. The molecule has 2 aliphatic rings. The summed E-state index contributed by atoms with van der Waals surface area (Å²) in [6, 6.07) is 13.8. The summed E-state index contributed by atoms with van der Waals surface area (Å²) in [5.74, 6) is 0.674. The lowest BCUT2D eigenvalue weighted by molar-refractivity contribution is -0.0165. The molecule has 5 rings (SSSR count). The fourth-order valence-electron chi connectivity index (χ4n) is 3.78. The minimum Gasteiger partial charge on any atom is -0.467 e. The third-order valence-electron chi connectivity index (χ3n) is 5.52. The fourth-order valence-corrected chi connectivity index (χ4v) is 4.03. The first-order valence-corrected chi connectivity index (χ1v) is 10.7. The highest BCUT2D eigenvalue weighted by Crippen LogP contribution is 2.41. The molecule has 0 radical (unpaired) electrons. The molecule has 0 unspecified atom stereocenters. The van der Waals surface area contributed by atoms with Crippen molar-refractivity contribution in [3.05, 3.63) is 92.7 Å². The minimum absolute atomic E-state index is 0.120. The average Bonchev–Trinajstić information content (AvgIpc) is 3.12. The number of ether oxygens (including phenoxy) is 4. The Morgan fingerprint density at radius 1 is 1.06 bits per heavy atom. The highest BCUT2D eigenvalue weighted by atomic mass is 35.5. The van der Waals surface area contributed by atoms with Crippen LogP contribution in [0.2, 0.25) is 5.02 Å².